The Labute approximate surface area is 173 Å². The average Bonchev–Trinajstić information content (AvgIpc) is 3.51. The van der Waals surface area contributed by atoms with Gasteiger partial charge in [0.1, 0.15) is 5.54 Å². The summed E-state index contributed by atoms with van der Waals surface area (Å²) in [5.74, 6) is -0.605. The van der Waals surface area contributed by atoms with Crippen LogP contribution in [0.4, 0.5) is 5.69 Å². The van der Waals surface area contributed by atoms with E-state index in [2.05, 4.69) is 30.7 Å². The number of carbonyl (C=O) groups excluding carboxylic acids is 2. The summed E-state index contributed by atoms with van der Waals surface area (Å²) >= 11 is 0. The second-order valence-corrected chi connectivity index (χ2v) is 8.34. The summed E-state index contributed by atoms with van der Waals surface area (Å²) in [7, 11) is 0. The van der Waals surface area contributed by atoms with Gasteiger partial charge < -0.3 is 10.6 Å². The number of amides is 2. The monoisotopic (exact) mass is 402 g/mol. The Morgan fingerprint density at radius 1 is 1.27 bits per heavy atom. The lowest BCUT2D eigenvalue weighted by Gasteiger charge is -2.36. The summed E-state index contributed by atoms with van der Waals surface area (Å²) in [6.45, 7) is 1.16. The maximum atomic E-state index is 13.5. The number of benzene rings is 1. The quantitative estimate of drug-likeness (QED) is 0.621. The van der Waals surface area contributed by atoms with Crippen molar-refractivity contribution in [1.82, 2.24) is 25.4 Å². The van der Waals surface area contributed by atoms with Gasteiger partial charge in [0.2, 0.25) is 11.8 Å². The number of aromatic nitrogens is 3. The van der Waals surface area contributed by atoms with Crippen molar-refractivity contribution < 1.29 is 9.59 Å². The van der Waals surface area contributed by atoms with E-state index >= 15 is 0 Å². The van der Waals surface area contributed by atoms with Crippen molar-refractivity contribution in [3.63, 3.8) is 0 Å². The third-order valence-corrected chi connectivity index (χ3v) is 6.94. The molecule has 0 aliphatic carbocycles. The molecule has 8 nitrogen and oxygen atoms in total. The molecule has 0 radical (unpaired) electrons. The molecule has 3 atom stereocenters. The highest BCUT2D eigenvalue weighted by Gasteiger charge is 2.65. The number of anilines is 1. The first-order chi connectivity index (χ1) is 14.7. The van der Waals surface area contributed by atoms with Gasteiger partial charge in [0.25, 0.3) is 0 Å². The van der Waals surface area contributed by atoms with Crippen molar-refractivity contribution in [1.29, 1.82) is 0 Å². The van der Waals surface area contributed by atoms with Crippen LogP contribution in [0, 0.1) is 5.92 Å². The number of fused-ring (bicyclic) bond motifs is 5. The Morgan fingerprint density at radius 2 is 2.17 bits per heavy atom. The molecule has 8 heteroatoms. The second kappa shape index (κ2) is 6.37. The molecule has 2 saturated heterocycles. The van der Waals surface area contributed by atoms with Gasteiger partial charge in [-0.3, -0.25) is 19.6 Å². The lowest BCUT2D eigenvalue weighted by Crippen LogP contribution is -2.54. The fourth-order valence-corrected chi connectivity index (χ4v) is 5.72. The van der Waals surface area contributed by atoms with Crippen LogP contribution in [0.25, 0.3) is 11.0 Å². The maximum absolute atomic E-state index is 13.5. The molecule has 30 heavy (non-hydrogen) atoms. The Hall–Kier alpha value is -3.26. The van der Waals surface area contributed by atoms with Crippen LogP contribution in [0.3, 0.4) is 0 Å². The van der Waals surface area contributed by atoms with E-state index in [1.807, 2.05) is 36.4 Å². The third-order valence-electron chi connectivity index (χ3n) is 6.94. The molecule has 3 aliphatic rings. The smallest absolute Gasteiger partial charge is 0.250 e. The number of rotatable bonds is 3. The standard InChI is InChI=1S/C22H22N6O2/c29-20(24-12-18-14-6-3-9-23-19(14)27-26-18)16-11-13-5-4-10-28(13)22(16)15-7-1-2-8-17(15)25-21(22)30/h1-3,6-9,13,16H,4-5,10-12H2,(H,24,29)(H,25,30)(H,23,26,27)/t13-,16-,22+/m1/s1. The number of pyridine rings is 1. The van der Waals surface area contributed by atoms with Crippen molar-refractivity contribution in [2.24, 2.45) is 5.92 Å². The van der Waals surface area contributed by atoms with Gasteiger partial charge >= 0.3 is 0 Å². The molecule has 2 aromatic heterocycles. The summed E-state index contributed by atoms with van der Waals surface area (Å²) < 4.78 is 0. The Kier molecular flexibility index (Phi) is 3.73. The molecular formula is C22H22N6O2. The number of nitrogens with zero attached hydrogens (tertiary/aromatic N) is 3. The van der Waals surface area contributed by atoms with Crippen molar-refractivity contribution >= 4 is 28.5 Å². The SMILES string of the molecule is O=C(NCc1[nH]nc2ncccc12)[C@H]1C[C@H]2CCCN2[C@]12C(=O)Nc1ccccc12. The van der Waals surface area contributed by atoms with Gasteiger partial charge in [0, 0.05) is 28.9 Å². The zero-order valence-corrected chi connectivity index (χ0v) is 16.4. The molecule has 5 heterocycles. The van der Waals surface area contributed by atoms with Crippen LogP contribution >= 0.6 is 0 Å². The van der Waals surface area contributed by atoms with Gasteiger partial charge in [0.05, 0.1) is 18.2 Å². The number of hydrogen-bond acceptors (Lipinski definition) is 5. The minimum Gasteiger partial charge on any atom is -0.350 e. The van der Waals surface area contributed by atoms with Crippen LogP contribution in [-0.4, -0.2) is 44.5 Å². The zero-order valence-electron chi connectivity index (χ0n) is 16.4. The lowest BCUT2D eigenvalue weighted by molar-refractivity contribution is -0.137. The van der Waals surface area contributed by atoms with Gasteiger partial charge in [-0.05, 0) is 44.0 Å². The van der Waals surface area contributed by atoms with Crippen LogP contribution in [0.15, 0.2) is 42.6 Å². The summed E-state index contributed by atoms with van der Waals surface area (Å²) in [5.41, 5.74) is 2.27. The van der Waals surface area contributed by atoms with E-state index in [0.717, 1.165) is 41.7 Å². The van der Waals surface area contributed by atoms with Crippen LogP contribution in [0.2, 0.25) is 0 Å². The molecule has 2 amide bonds. The molecule has 6 rings (SSSR count). The van der Waals surface area contributed by atoms with Gasteiger partial charge in [-0.1, -0.05) is 18.2 Å². The molecule has 1 spiro atoms. The maximum Gasteiger partial charge on any atom is 0.250 e. The molecular weight excluding hydrogens is 380 g/mol. The minimum absolute atomic E-state index is 0.0792. The van der Waals surface area contributed by atoms with Gasteiger partial charge in [0.15, 0.2) is 5.65 Å². The summed E-state index contributed by atoms with van der Waals surface area (Å²) in [5, 5.41) is 14.2. The van der Waals surface area contributed by atoms with E-state index in [1.54, 1.807) is 6.20 Å². The first-order valence-corrected chi connectivity index (χ1v) is 10.4. The summed E-state index contributed by atoms with van der Waals surface area (Å²) in [4.78, 5) is 33.3. The molecule has 0 bridgehead atoms. The first kappa shape index (κ1) is 17.6. The van der Waals surface area contributed by atoms with E-state index in [1.165, 1.54) is 0 Å². The normalized spacial score (nSPS) is 27.4. The molecule has 2 fully saturated rings. The van der Waals surface area contributed by atoms with E-state index < -0.39 is 11.5 Å². The molecule has 152 valence electrons. The third kappa shape index (κ3) is 2.25. The van der Waals surface area contributed by atoms with Crippen molar-refractivity contribution in [3.8, 4) is 0 Å². The molecule has 0 saturated carbocycles. The average molecular weight is 402 g/mol. The Balaban J connectivity index is 1.34. The van der Waals surface area contributed by atoms with Crippen molar-refractivity contribution in [2.45, 2.75) is 37.4 Å². The van der Waals surface area contributed by atoms with Crippen LogP contribution in [0.1, 0.15) is 30.5 Å². The topological polar surface area (TPSA) is 103 Å². The number of nitrogens with one attached hydrogen (secondary N) is 3. The van der Waals surface area contributed by atoms with Gasteiger partial charge in [-0.2, -0.15) is 5.10 Å². The predicted molar refractivity (Wildman–Crippen MR) is 110 cm³/mol. The van der Waals surface area contributed by atoms with Crippen molar-refractivity contribution in [3.05, 3.63) is 53.9 Å². The molecule has 3 N–H and O–H groups in total. The van der Waals surface area contributed by atoms with Gasteiger partial charge in [-0.25, -0.2) is 4.98 Å². The first-order valence-electron chi connectivity index (χ1n) is 10.4. The van der Waals surface area contributed by atoms with Crippen LogP contribution in [0.5, 0.6) is 0 Å². The number of para-hydroxylation sites is 1. The van der Waals surface area contributed by atoms with Crippen LogP contribution < -0.4 is 10.6 Å². The van der Waals surface area contributed by atoms with E-state index in [9.17, 15) is 9.59 Å². The Morgan fingerprint density at radius 3 is 3.10 bits per heavy atom. The van der Waals surface area contributed by atoms with Crippen LogP contribution in [-0.2, 0) is 21.7 Å². The summed E-state index contributed by atoms with van der Waals surface area (Å²) in [6.07, 6.45) is 4.47. The molecule has 3 aromatic rings. The van der Waals surface area contributed by atoms with E-state index in [4.69, 9.17) is 0 Å². The highest BCUT2D eigenvalue weighted by Crippen LogP contribution is 2.55. The zero-order chi connectivity index (χ0) is 20.3. The fraction of sp³-hybridized carbons (Fsp3) is 0.364. The number of aromatic amines is 1. The second-order valence-electron chi connectivity index (χ2n) is 8.34. The molecule has 1 aromatic carbocycles. The largest absolute Gasteiger partial charge is 0.350 e. The number of carbonyl (C=O) groups is 2. The minimum atomic E-state index is -0.917. The van der Waals surface area contributed by atoms with E-state index in [-0.39, 0.29) is 17.9 Å². The highest BCUT2D eigenvalue weighted by molar-refractivity contribution is 6.09. The number of hydrogen-bond donors (Lipinski definition) is 3. The Bertz CT molecular complexity index is 1170. The fourth-order valence-electron chi connectivity index (χ4n) is 5.72. The highest BCUT2D eigenvalue weighted by atomic mass is 16.2. The molecule has 3 aliphatic heterocycles. The summed E-state index contributed by atoms with van der Waals surface area (Å²) in [6, 6.07) is 11.8. The van der Waals surface area contributed by atoms with E-state index in [0.29, 0.717) is 18.6 Å². The predicted octanol–water partition coefficient (Wildman–Crippen LogP) is 1.91. The van der Waals surface area contributed by atoms with Gasteiger partial charge in [-0.15, -0.1) is 0 Å². The molecule has 0 unspecified atom stereocenters. The number of H-pyrrole nitrogens is 1. The lowest BCUT2D eigenvalue weighted by atomic mass is 9.78. The van der Waals surface area contributed by atoms with Crippen molar-refractivity contribution in [2.75, 3.05) is 11.9 Å².